The lowest BCUT2D eigenvalue weighted by molar-refractivity contribution is -0.143. The Morgan fingerprint density at radius 1 is 0.939 bits per heavy atom. The van der Waals surface area contributed by atoms with Crippen LogP contribution in [0.4, 0.5) is 4.39 Å². The topological polar surface area (TPSA) is 85.2 Å². The Morgan fingerprint density at radius 3 is 2.12 bits per heavy atom. The first kappa shape index (κ1) is 21.8. The number of amides is 2. The Morgan fingerprint density at radius 2 is 1.55 bits per heavy atom. The van der Waals surface area contributed by atoms with E-state index in [-0.39, 0.29) is 36.4 Å². The van der Waals surface area contributed by atoms with E-state index >= 15 is 0 Å². The zero-order valence-corrected chi connectivity index (χ0v) is 19.5. The molecule has 7 heteroatoms. The second kappa shape index (κ2) is 7.93. The van der Waals surface area contributed by atoms with Crippen molar-refractivity contribution in [3.05, 3.63) is 0 Å². The zero-order chi connectivity index (χ0) is 22.8. The van der Waals surface area contributed by atoms with Crippen molar-refractivity contribution in [1.29, 1.82) is 5.26 Å². The van der Waals surface area contributed by atoms with Gasteiger partial charge in [0.2, 0.25) is 11.8 Å². The number of carbonyl (C=O) groups excluding carboxylic acids is 2. The summed E-state index contributed by atoms with van der Waals surface area (Å²) < 4.78 is 13.7. The molecule has 1 heterocycles. The highest BCUT2D eigenvalue weighted by atomic mass is 19.1. The van der Waals surface area contributed by atoms with E-state index in [1.54, 1.807) is 0 Å². The van der Waals surface area contributed by atoms with Crippen LogP contribution in [0.15, 0.2) is 0 Å². The minimum atomic E-state index is -1.10. The molecule has 7 aliphatic carbocycles. The smallest absolute Gasteiger partial charge is 0.237 e. The highest BCUT2D eigenvalue weighted by molar-refractivity contribution is 5.83. The molecule has 8 aliphatic rings. The molecule has 0 radical (unpaired) electrons. The average molecular weight is 457 g/mol. The van der Waals surface area contributed by atoms with E-state index in [2.05, 4.69) is 16.7 Å². The van der Waals surface area contributed by atoms with Gasteiger partial charge in [0.25, 0.3) is 0 Å². The summed E-state index contributed by atoms with van der Waals surface area (Å²) >= 11 is 0. The maximum atomic E-state index is 13.7. The van der Waals surface area contributed by atoms with Gasteiger partial charge in [0.05, 0.1) is 19.2 Å². The minimum Gasteiger partial charge on any atom is -0.352 e. The third-order valence-corrected chi connectivity index (χ3v) is 10.6. The number of nitrogens with zero attached hydrogens (tertiary/aromatic N) is 2. The fourth-order valence-corrected chi connectivity index (χ4v) is 8.80. The van der Waals surface area contributed by atoms with Gasteiger partial charge in [-0.3, -0.25) is 9.59 Å². The molecule has 0 aromatic rings. The third-order valence-electron chi connectivity index (χ3n) is 10.6. The first-order valence-corrected chi connectivity index (χ1v) is 13.3. The molecule has 8 fully saturated rings. The molecule has 2 N–H and O–H groups in total. The van der Waals surface area contributed by atoms with Gasteiger partial charge in [0.1, 0.15) is 12.2 Å². The van der Waals surface area contributed by atoms with Crippen LogP contribution in [0.25, 0.3) is 0 Å². The zero-order valence-electron chi connectivity index (χ0n) is 19.5. The van der Waals surface area contributed by atoms with Crippen molar-refractivity contribution in [2.75, 3.05) is 13.1 Å². The Kier molecular flexibility index (Phi) is 5.25. The molecule has 0 aromatic carbocycles. The van der Waals surface area contributed by atoms with Crippen molar-refractivity contribution < 1.29 is 14.0 Å². The molecule has 33 heavy (non-hydrogen) atoms. The first-order chi connectivity index (χ1) is 15.9. The number of halogens is 1. The van der Waals surface area contributed by atoms with Gasteiger partial charge >= 0.3 is 0 Å². The van der Waals surface area contributed by atoms with Crippen LogP contribution >= 0.6 is 0 Å². The fourth-order valence-electron chi connectivity index (χ4n) is 8.80. The summed E-state index contributed by atoms with van der Waals surface area (Å²) in [6.07, 6.45) is 11.1. The summed E-state index contributed by atoms with van der Waals surface area (Å²) in [5.74, 6) is 3.35. The summed E-state index contributed by atoms with van der Waals surface area (Å²) in [5.41, 5.74) is -0.332. The predicted molar refractivity (Wildman–Crippen MR) is 120 cm³/mol. The van der Waals surface area contributed by atoms with E-state index < -0.39 is 12.2 Å². The number of carbonyl (C=O) groups is 2. The largest absolute Gasteiger partial charge is 0.352 e. The van der Waals surface area contributed by atoms with E-state index in [1.807, 2.05) is 0 Å². The molecule has 0 unspecified atom stereocenters. The second-order valence-electron chi connectivity index (χ2n) is 12.4. The monoisotopic (exact) mass is 456 g/mol. The fraction of sp³-hybridized carbons (Fsp3) is 0.885. The lowest BCUT2D eigenvalue weighted by Crippen LogP contribution is -2.62. The molecule has 7 saturated carbocycles. The summed E-state index contributed by atoms with van der Waals surface area (Å²) in [7, 11) is 0. The molecule has 180 valence electrons. The third kappa shape index (κ3) is 3.68. The summed E-state index contributed by atoms with van der Waals surface area (Å²) in [5, 5.41) is 16.3. The van der Waals surface area contributed by atoms with Crippen LogP contribution in [0.3, 0.4) is 0 Å². The normalized spacial score (nSPS) is 47.5. The molecule has 8 rings (SSSR count). The Balaban J connectivity index is 1.04. The lowest BCUT2D eigenvalue weighted by atomic mass is 9.53. The molecule has 6 nitrogen and oxygen atoms in total. The van der Waals surface area contributed by atoms with Gasteiger partial charge in [0.15, 0.2) is 0 Å². The predicted octanol–water partition coefficient (Wildman–Crippen LogP) is 3.07. The lowest BCUT2D eigenvalue weighted by Gasteiger charge is -2.56. The second-order valence-corrected chi connectivity index (χ2v) is 12.4. The molecule has 2 amide bonds. The molecule has 1 saturated heterocycles. The van der Waals surface area contributed by atoms with Crippen molar-refractivity contribution in [2.24, 2.45) is 29.1 Å². The maximum absolute atomic E-state index is 13.7. The van der Waals surface area contributed by atoms with Crippen molar-refractivity contribution in [3.8, 4) is 6.07 Å². The Labute approximate surface area is 196 Å². The number of fused-ring (bicyclic) bond motifs is 3. The van der Waals surface area contributed by atoms with Crippen LogP contribution in [0.1, 0.15) is 77.0 Å². The number of likely N-dealkylation sites (tertiary alicyclic amines) is 1. The SMILES string of the molecule is N#C[C@@H]1C[C@H](F)CN1C(=O)CNC12CCC(C(=O)NC3C4CC5CC(C4)CC3C5)(CC1)CC2. The Hall–Kier alpha value is -1.68. The van der Waals surface area contributed by atoms with Crippen LogP contribution in [0.2, 0.25) is 0 Å². The van der Waals surface area contributed by atoms with Gasteiger partial charge < -0.3 is 15.5 Å². The molecular formula is C26H37FN4O2. The molecule has 0 aromatic heterocycles. The van der Waals surface area contributed by atoms with Gasteiger partial charge in [0, 0.05) is 23.4 Å². The number of nitriles is 1. The van der Waals surface area contributed by atoms with Gasteiger partial charge in [-0.05, 0) is 94.3 Å². The van der Waals surface area contributed by atoms with Crippen molar-refractivity contribution >= 4 is 11.8 Å². The molecular weight excluding hydrogens is 419 g/mol. The van der Waals surface area contributed by atoms with Crippen molar-refractivity contribution in [1.82, 2.24) is 15.5 Å². The van der Waals surface area contributed by atoms with Crippen LogP contribution in [0.5, 0.6) is 0 Å². The number of nitrogens with one attached hydrogen (secondary N) is 2. The maximum Gasteiger partial charge on any atom is 0.237 e. The molecule has 0 spiro atoms. The number of rotatable bonds is 5. The highest BCUT2D eigenvalue weighted by Gasteiger charge is 2.55. The van der Waals surface area contributed by atoms with Crippen molar-refractivity contribution in [3.63, 3.8) is 0 Å². The number of hydrogen-bond acceptors (Lipinski definition) is 4. The van der Waals surface area contributed by atoms with E-state index in [0.29, 0.717) is 23.8 Å². The van der Waals surface area contributed by atoms with Gasteiger partial charge in [-0.15, -0.1) is 0 Å². The summed E-state index contributed by atoms with van der Waals surface area (Å²) in [6, 6.07) is 1.81. The number of hydrogen-bond donors (Lipinski definition) is 2. The van der Waals surface area contributed by atoms with Gasteiger partial charge in [-0.1, -0.05) is 0 Å². The molecule has 6 bridgehead atoms. The van der Waals surface area contributed by atoms with Crippen LogP contribution in [-0.4, -0.2) is 53.6 Å². The first-order valence-electron chi connectivity index (χ1n) is 13.3. The quantitative estimate of drug-likeness (QED) is 0.666. The summed E-state index contributed by atoms with van der Waals surface area (Å²) in [4.78, 5) is 27.6. The van der Waals surface area contributed by atoms with Crippen molar-refractivity contribution in [2.45, 2.75) is 101 Å². The van der Waals surface area contributed by atoms with E-state index in [9.17, 15) is 19.2 Å². The average Bonchev–Trinajstić information content (AvgIpc) is 3.21. The minimum absolute atomic E-state index is 0.0275. The number of alkyl halides is 1. The van der Waals surface area contributed by atoms with E-state index in [0.717, 1.165) is 50.4 Å². The van der Waals surface area contributed by atoms with E-state index in [4.69, 9.17) is 0 Å². The molecule has 2 atom stereocenters. The van der Waals surface area contributed by atoms with E-state index in [1.165, 1.54) is 37.0 Å². The molecule has 1 aliphatic heterocycles. The van der Waals surface area contributed by atoms with Gasteiger partial charge in [-0.2, -0.15) is 5.26 Å². The highest BCUT2D eigenvalue weighted by Crippen LogP contribution is 2.55. The Bertz CT molecular complexity index is 816. The van der Waals surface area contributed by atoms with Crippen LogP contribution in [-0.2, 0) is 9.59 Å². The van der Waals surface area contributed by atoms with Crippen LogP contribution in [0, 0.1) is 40.4 Å². The summed E-state index contributed by atoms with van der Waals surface area (Å²) in [6.45, 7) is 0.178. The van der Waals surface area contributed by atoms with Crippen LogP contribution < -0.4 is 10.6 Å². The standard InChI is InChI=1S/C26H37FN4O2/c27-20-12-21(13-28)31(15-20)22(32)14-29-26-4-1-25(2-5-26,3-6-26)24(33)30-23-18-8-16-7-17(10-18)11-19(23)9-16/h16-21,23,29H,1-12,14-15H2,(H,30,33)/t16?,17?,18?,19?,20-,21-,23?,25?,26?/m0/s1. The van der Waals surface area contributed by atoms with Gasteiger partial charge in [-0.25, -0.2) is 4.39 Å².